The molecule has 0 N–H and O–H groups in total. The van der Waals surface area contributed by atoms with Gasteiger partial charge in [-0.2, -0.15) is 0 Å². The average molecular weight is 248 g/mol. The summed E-state index contributed by atoms with van der Waals surface area (Å²) in [4.78, 5) is 12.2. The molecule has 0 unspecified atom stereocenters. The van der Waals surface area contributed by atoms with Crippen molar-refractivity contribution in [2.75, 3.05) is 13.2 Å². The summed E-state index contributed by atoms with van der Waals surface area (Å²) in [5.41, 5.74) is 0.348. The van der Waals surface area contributed by atoms with Gasteiger partial charge in [0.15, 0.2) is 0 Å². The molecule has 6 heteroatoms. The highest BCUT2D eigenvalue weighted by Crippen LogP contribution is 2.11. The van der Waals surface area contributed by atoms with Crippen LogP contribution in [0.2, 0.25) is 0 Å². The summed E-state index contributed by atoms with van der Waals surface area (Å²) in [6.07, 6.45) is 5.52. The van der Waals surface area contributed by atoms with Crippen LogP contribution >= 0.6 is 0 Å². The van der Waals surface area contributed by atoms with Gasteiger partial charge in [0.05, 0.1) is 13.2 Å². The molecule has 0 amide bonds. The molecule has 0 spiro atoms. The second kappa shape index (κ2) is 4.53. The second-order valence-electron chi connectivity index (χ2n) is 4.72. The third-order valence-corrected chi connectivity index (χ3v) is 3.25. The molecule has 1 aliphatic heterocycles. The molecule has 0 saturated carbocycles. The van der Waals surface area contributed by atoms with Crippen molar-refractivity contribution in [3.63, 3.8) is 0 Å². The molecule has 0 atom stereocenters. The van der Waals surface area contributed by atoms with Crippen LogP contribution in [0.15, 0.2) is 17.2 Å². The Morgan fingerprint density at radius 3 is 2.89 bits per heavy atom. The lowest BCUT2D eigenvalue weighted by atomic mass is 10.1. The summed E-state index contributed by atoms with van der Waals surface area (Å²) in [5, 5.41) is 8.07. The first-order valence-corrected chi connectivity index (χ1v) is 6.30. The summed E-state index contributed by atoms with van der Waals surface area (Å²) in [7, 11) is 0. The van der Waals surface area contributed by atoms with Crippen LogP contribution in [-0.4, -0.2) is 32.4 Å². The van der Waals surface area contributed by atoms with Gasteiger partial charge >= 0.3 is 0 Å². The van der Waals surface area contributed by atoms with E-state index < -0.39 is 0 Å². The van der Waals surface area contributed by atoms with Gasteiger partial charge < -0.3 is 9.30 Å². The second-order valence-corrected chi connectivity index (χ2v) is 4.72. The fourth-order valence-electron chi connectivity index (χ4n) is 2.18. The van der Waals surface area contributed by atoms with Crippen LogP contribution in [0.1, 0.15) is 19.2 Å². The van der Waals surface area contributed by atoms with Crippen LogP contribution in [0, 0.1) is 5.92 Å². The van der Waals surface area contributed by atoms with Gasteiger partial charge in [0.2, 0.25) is 5.65 Å². The maximum absolute atomic E-state index is 12.2. The van der Waals surface area contributed by atoms with E-state index in [1.807, 2.05) is 12.4 Å². The zero-order valence-electron chi connectivity index (χ0n) is 10.4. The van der Waals surface area contributed by atoms with Crippen molar-refractivity contribution in [2.24, 2.45) is 5.92 Å². The van der Waals surface area contributed by atoms with Gasteiger partial charge in [-0.15, -0.1) is 10.2 Å². The number of nitrogens with zero attached hydrogens (tertiary/aromatic N) is 4. The topological polar surface area (TPSA) is 61.4 Å². The van der Waals surface area contributed by atoms with Crippen molar-refractivity contribution in [3.05, 3.63) is 28.6 Å². The minimum Gasteiger partial charge on any atom is -0.381 e. The van der Waals surface area contributed by atoms with Crippen molar-refractivity contribution < 1.29 is 4.74 Å². The fourth-order valence-corrected chi connectivity index (χ4v) is 2.18. The summed E-state index contributed by atoms with van der Waals surface area (Å²) < 4.78 is 8.61. The smallest absolute Gasteiger partial charge is 0.296 e. The zero-order chi connectivity index (χ0) is 12.5. The molecule has 0 bridgehead atoms. The van der Waals surface area contributed by atoms with Crippen molar-refractivity contribution in [2.45, 2.75) is 26.3 Å². The largest absolute Gasteiger partial charge is 0.381 e. The van der Waals surface area contributed by atoms with Gasteiger partial charge in [-0.05, 0) is 6.42 Å². The van der Waals surface area contributed by atoms with E-state index in [4.69, 9.17) is 4.74 Å². The summed E-state index contributed by atoms with van der Waals surface area (Å²) >= 11 is 0. The van der Waals surface area contributed by atoms with Crippen molar-refractivity contribution >= 4 is 5.65 Å². The maximum Gasteiger partial charge on any atom is 0.296 e. The third kappa shape index (κ3) is 1.82. The molecule has 6 nitrogen and oxygen atoms in total. The lowest BCUT2D eigenvalue weighted by Crippen LogP contribution is -2.35. The highest BCUT2D eigenvalue weighted by molar-refractivity contribution is 5.34. The molecule has 1 saturated heterocycles. The molecule has 1 fully saturated rings. The predicted molar refractivity (Wildman–Crippen MR) is 65.6 cm³/mol. The number of aryl methyl sites for hydroxylation is 1. The van der Waals surface area contributed by atoms with E-state index in [9.17, 15) is 4.79 Å². The molecule has 96 valence electrons. The molecule has 0 aromatic carbocycles. The Balaban J connectivity index is 1.98. The highest BCUT2D eigenvalue weighted by Gasteiger charge is 2.20. The first kappa shape index (κ1) is 11.4. The minimum absolute atomic E-state index is 0.0701. The Morgan fingerprint density at radius 1 is 1.39 bits per heavy atom. The zero-order valence-corrected chi connectivity index (χ0v) is 10.4. The summed E-state index contributed by atoms with van der Waals surface area (Å²) in [5.74, 6) is 1.30. The van der Waals surface area contributed by atoms with Crippen LogP contribution in [0.3, 0.4) is 0 Å². The van der Waals surface area contributed by atoms with E-state index >= 15 is 0 Å². The van der Waals surface area contributed by atoms with Crippen LogP contribution in [0.5, 0.6) is 0 Å². The van der Waals surface area contributed by atoms with Gasteiger partial charge in [-0.25, -0.2) is 0 Å². The molecule has 3 rings (SSSR count). The average Bonchev–Trinajstić information content (AvgIpc) is 2.71. The normalized spacial score (nSPS) is 16.1. The van der Waals surface area contributed by atoms with Crippen LogP contribution in [0.25, 0.3) is 5.65 Å². The first-order chi connectivity index (χ1) is 8.79. The molecule has 2 aromatic rings. The number of hydrogen-bond donors (Lipinski definition) is 0. The molecular formula is C12H16N4O2. The Kier molecular flexibility index (Phi) is 2.87. The lowest BCUT2D eigenvalue weighted by molar-refractivity contribution is -0.0397. The Morgan fingerprint density at radius 2 is 2.22 bits per heavy atom. The monoisotopic (exact) mass is 248 g/mol. The third-order valence-electron chi connectivity index (χ3n) is 3.25. The minimum atomic E-state index is -0.0701. The molecule has 18 heavy (non-hydrogen) atoms. The van der Waals surface area contributed by atoms with Crippen LogP contribution in [0.4, 0.5) is 0 Å². The highest BCUT2D eigenvalue weighted by atomic mass is 16.5. The van der Waals surface area contributed by atoms with E-state index in [0.29, 0.717) is 18.1 Å². The summed E-state index contributed by atoms with van der Waals surface area (Å²) in [6.45, 7) is 4.26. The number of hydrogen-bond acceptors (Lipinski definition) is 4. The molecular weight excluding hydrogens is 232 g/mol. The van der Waals surface area contributed by atoms with Crippen LogP contribution in [-0.2, 0) is 17.7 Å². The van der Waals surface area contributed by atoms with E-state index in [0.717, 1.165) is 31.9 Å². The number of ether oxygens (including phenoxy) is 1. The maximum atomic E-state index is 12.2. The molecule has 0 radical (unpaired) electrons. The summed E-state index contributed by atoms with van der Waals surface area (Å²) in [6, 6.07) is 0. The van der Waals surface area contributed by atoms with E-state index in [-0.39, 0.29) is 5.56 Å². The first-order valence-electron chi connectivity index (χ1n) is 6.30. The van der Waals surface area contributed by atoms with E-state index in [2.05, 4.69) is 17.1 Å². The quantitative estimate of drug-likeness (QED) is 0.790. The molecule has 0 aliphatic carbocycles. The van der Waals surface area contributed by atoms with Gasteiger partial charge in [0, 0.05) is 31.3 Å². The molecule has 1 aliphatic rings. The van der Waals surface area contributed by atoms with Crippen LogP contribution < -0.4 is 5.56 Å². The lowest BCUT2D eigenvalue weighted by Gasteiger charge is -2.26. The van der Waals surface area contributed by atoms with Gasteiger partial charge in [0.1, 0.15) is 5.82 Å². The Labute approximate surface area is 104 Å². The van der Waals surface area contributed by atoms with Crippen molar-refractivity contribution in [3.8, 4) is 0 Å². The number of fused-ring (bicyclic) bond motifs is 1. The van der Waals surface area contributed by atoms with Crippen molar-refractivity contribution in [1.29, 1.82) is 0 Å². The number of rotatable bonds is 4. The number of aromatic nitrogens is 4. The Hall–Kier alpha value is -1.69. The molecule has 2 aromatic heterocycles. The van der Waals surface area contributed by atoms with E-state index in [1.165, 1.54) is 0 Å². The van der Waals surface area contributed by atoms with Crippen molar-refractivity contribution in [1.82, 2.24) is 19.2 Å². The fraction of sp³-hybridized carbons (Fsp3) is 0.583. The SMILES string of the molecule is CCCc1nnc2c(=O)n(CC3COC3)ccn12. The van der Waals surface area contributed by atoms with Gasteiger partial charge in [-0.3, -0.25) is 9.20 Å². The van der Waals surface area contributed by atoms with Gasteiger partial charge in [0.25, 0.3) is 5.56 Å². The van der Waals surface area contributed by atoms with E-state index in [1.54, 1.807) is 8.97 Å². The Bertz CT molecular complexity index is 612. The molecule has 3 heterocycles. The predicted octanol–water partition coefficient (Wildman–Crippen LogP) is 0.490. The standard InChI is InChI=1S/C12H16N4O2/c1-2-3-10-13-14-11-12(17)15(4-5-16(10)11)6-9-7-18-8-9/h4-5,9H,2-3,6-8H2,1H3. The van der Waals surface area contributed by atoms with Gasteiger partial charge in [-0.1, -0.05) is 6.92 Å².